The second-order valence-corrected chi connectivity index (χ2v) is 12.4. The summed E-state index contributed by atoms with van der Waals surface area (Å²) in [6, 6.07) is 0. The van der Waals surface area contributed by atoms with Gasteiger partial charge >= 0.3 is 0 Å². The first-order chi connectivity index (χ1) is 16.7. The number of carbonyl (C=O) groups excluding carboxylic acids is 2. The van der Waals surface area contributed by atoms with Crippen LogP contribution in [0, 0.1) is 16.7 Å². The second kappa shape index (κ2) is 10.6. The third-order valence-corrected chi connectivity index (χ3v) is 9.91. The first kappa shape index (κ1) is 26.2. The molecule has 2 aliphatic carbocycles. The van der Waals surface area contributed by atoms with Crippen LogP contribution in [0.5, 0.6) is 0 Å². The number of nitrogens with zero attached hydrogens (tertiary/aromatic N) is 2. The Bertz CT molecular complexity index is 1040. The zero-order chi connectivity index (χ0) is 25.2. The third-order valence-electron chi connectivity index (χ3n) is 8.22. The zero-order valence-electron chi connectivity index (χ0n) is 20.7. The van der Waals surface area contributed by atoms with Gasteiger partial charge in [0, 0.05) is 40.6 Å². The monoisotopic (exact) mass is 520 g/mol. The molecule has 2 amide bonds. The minimum absolute atomic E-state index is 0.0255. The molecular weight excluding hydrogens is 484 g/mol. The molecule has 0 aromatic carbocycles. The maximum atomic E-state index is 13.1. The summed E-state index contributed by atoms with van der Waals surface area (Å²) < 4.78 is 0. The van der Waals surface area contributed by atoms with E-state index in [9.17, 15) is 19.8 Å². The standard InChI is InChI=1S/C25H36N4O4S2/c1-4-5-6-7-19(32)27-23-29-21-15(12-20(33)28-22-26-10-11-34-22)24(2)9-8-18(31)25(3,14-30)17(24)13-16(21)35-23/h10-11,15,17-18,30-31H,4-9,12-14H2,1-3H3,(H,26,28,33)(H,27,29,32). The number of carbonyl (C=O) groups is 2. The minimum Gasteiger partial charge on any atom is -0.396 e. The number of nitrogens with one attached hydrogen (secondary N) is 2. The van der Waals surface area contributed by atoms with Gasteiger partial charge in [-0.2, -0.15) is 0 Å². The van der Waals surface area contributed by atoms with Gasteiger partial charge in [-0.25, -0.2) is 9.97 Å². The molecule has 2 aliphatic rings. The van der Waals surface area contributed by atoms with Gasteiger partial charge in [-0.15, -0.1) is 22.7 Å². The van der Waals surface area contributed by atoms with Crippen LogP contribution in [0.15, 0.2) is 11.6 Å². The zero-order valence-corrected chi connectivity index (χ0v) is 22.3. The summed E-state index contributed by atoms with van der Waals surface area (Å²) in [6.07, 6.45) is 6.61. The molecule has 0 saturated heterocycles. The first-order valence-electron chi connectivity index (χ1n) is 12.5. The molecule has 2 aromatic rings. The van der Waals surface area contributed by atoms with Crippen molar-refractivity contribution in [3.63, 3.8) is 0 Å². The van der Waals surface area contributed by atoms with Gasteiger partial charge in [-0.1, -0.05) is 33.6 Å². The quantitative estimate of drug-likeness (QED) is 0.359. The number of thiazole rings is 2. The lowest BCUT2D eigenvalue weighted by Gasteiger charge is -2.58. The molecule has 4 N–H and O–H groups in total. The van der Waals surface area contributed by atoms with Crippen molar-refractivity contribution in [3.8, 4) is 0 Å². The molecule has 5 unspecified atom stereocenters. The molecule has 0 bridgehead atoms. The van der Waals surface area contributed by atoms with E-state index in [2.05, 4.69) is 29.5 Å². The summed E-state index contributed by atoms with van der Waals surface area (Å²) in [5, 5.41) is 30.1. The molecule has 1 saturated carbocycles. The van der Waals surface area contributed by atoms with E-state index in [0.717, 1.165) is 36.3 Å². The van der Waals surface area contributed by atoms with E-state index in [1.54, 1.807) is 6.20 Å². The number of rotatable bonds is 9. The van der Waals surface area contributed by atoms with Crippen molar-refractivity contribution in [1.82, 2.24) is 9.97 Å². The number of aliphatic hydroxyl groups is 2. The first-order valence-corrected chi connectivity index (χ1v) is 14.2. The van der Waals surface area contributed by atoms with E-state index in [4.69, 9.17) is 4.98 Å². The fourth-order valence-corrected chi connectivity index (χ4v) is 7.69. The summed E-state index contributed by atoms with van der Waals surface area (Å²) in [5.74, 6) is -0.395. The summed E-state index contributed by atoms with van der Waals surface area (Å²) in [7, 11) is 0. The Hall–Kier alpha value is -1.88. The van der Waals surface area contributed by atoms with Crippen molar-refractivity contribution < 1.29 is 19.8 Å². The molecule has 0 spiro atoms. The Balaban J connectivity index is 1.65. The number of hydrogen-bond donors (Lipinski definition) is 4. The van der Waals surface area contributed by atoms with E-state index in [-0.39, 0.29) is 42.1 Å². The smallest absolute Gasteiger partial charge is 0.226 e. The normalized spacial score (nSPS) is 29.8. The van der Waals surface area contributed by atoms with Crippen LogP contribution in [-0.2, 0) is 16.0 Å². The molecule has 5 atom stereocenters. The third kappa shape index (κ3) is 5.16. The van der Waals surface area contributed by atoms with Gasteiger partial charge in [-0.05, 0) is 37.0 Å². The molecule has 8 nitrogen and oxygen atoms in total. The van der Waals surface area contributed by atoms with Crippen LogP contribution in [-0.4, -0.2) is 44.7 Å². The molecule has 2 heterocycles. The maximum Gasteiger partial charge on any atom is 0.226 e. The van der Waals surface area contributed by atoms with E-state index in [1.165, 1.54) is 22.7 Å². The van der Waals surface area contributed by atoms with Crippen molar-refractivity contribution >= 4 is 44.8 Å². The van der Waals surface area contributed by atoms with E-state index < -0.39 is 11.5 Å². The number of aliphatic hydroxyl groups excluding tert-OH is 2. The number of unbranched alkanes of at least 4 members (excludes halogenated alkanes) is 2. The van der Waals surface area contributed by atoms with Gasteiger partial charge < -0.3 is 20.8 Å². The van der Waals surface area contributed by atoms with Crippen LogP contribution in [0.2, 0.25) is 0 Å². The predicted octanol–water partition coefficient (Wildman–Crippen LogP) is 4.56. The SMILES string of the molecule is CCCCCC(=O)Nc1nc2c(s1)CC1C(C)(CO)C(O)CCC1(C)C2CC(=O)Nc1nccs1. The number of hydrogen-bond acceptors (Lipinski definition) is 8. The summed E-state index contributed by atoms with van der Waals surface area (Å²) in [6.45, 7) is 6.11. The lowest BCUT2D eigenvalue weighted by Crippen LogP contribution is -2.57. The Morgan fingerprint density at radius 3 is 2.66 bits per heavy atom. The van der Waals surface area contributed by atoms with Crippen molar-refractivity contribution in [3.05, 3.63) is 22.1 Å². The summed E-state index contributed by atoms with van der Waals surface area (Å²) >= 11 is 2.83. The maximum absolute atomic E-state index is 13.1. The molecule has 0 radical (unpaired) electrons. The molecule has 0 aliphatic heterocycles. The highest BCUT2D eigenvalue weighted by atomic mass is 32.1. The Morgan fingerprint density at radius 1 is 1.20 bits per heavy atom. The molecule has 10 heteroatoms. The number of aromatic nitrogens is 2. The van der Waals surface area contributed by atoms with E-state index in [1.807, 2.05) is 12.3 Å². The van der Waals surface area contributed by atoms with Crippen molar-refractivity contribution in [2.45, 2.75) is 84.2 Å². The Morgan fingerprint density at radius 2 is 1.97 bits per heavy atom. The lowest BCUT2D eigenvalue weighted by molar-refractivity contribution is -0.143. The van der Waals surface area contributed by atoms with Gasteiger partial charge in [0.15, 0.2) is 10.3 Å². The highest BCUT2D eigenvalue weighted by molar-refractivity contribution is 7.16. The van der Waals surface area contributed by atoms with Gasteiger partial charge in [0.2, 0.25) is 11.8 Å². The highest BCUT2D eigenvalue weighted by Gasteiger charge is 2.59. The fraction of sp³-hybridized carbons (Fsp3) is 0.680. The van der Waals surface area contributed by atoms with E-state index in [0.29, 0.717) is 29.5 Å². The molecule has 2 aromatic heterocycles. The molecular formula is C25H36N4O4S2. The van der Waals surface area contributed by atoms with Crippen molar-refractivity contribution in [2.75, 3.05) is 17.2 Å². The number of amides is 2. The predicted molar refractivity (Wildman–Crippen MR) is 139 cm³/mol. The second-order valence-electron chi connectivity index (χ2n) is 10.5. The molecule has 1 fully saturated rings. The van der Waals surface area contributed by atoms with Crippen molar-refractivity contribution in [2.24, 2.45) is 16.7 Å². The van der Waals surface area contributed by atoms with Gasteiger partial charge in [0.25, 0.3) is 0 Å². The van der Waals surface area contributed by atoms with Crippen LogP contribution in [0.25, 0.3) is 0 Å². The summed E-state index contributed by atoms with van der Waals surface area (Å²) in [4.78, 5) is 35.6. The highest BCUT2D eigenvalue weighted by Crippen LogP contribution is 2.62. The van der Waals surface area contributed by atoms with Gasteiger partial charge in [0.05, 0.1) is 18.4 Å². The fourth-order valence-electron chi connectivity index (χ4n) is 6.06. The lowest BCUT2D eigenvalue weighted by atomic mass is 9.47. The van der Waals surface area contributed by atoms with Gasteiger partial charge in [0.1, 0.15) is 0 Å². The average molecular weight is 521 g/mol. The van der Waals surface area contributed by atoms with Crippen LogP contribution in [0.3, 0.4) is 0 Å². The van der Waals surface area contributed by atoms with Crippen LogP contribution >= 0.6 is 22.7 Å². The van der Waals surface area contributed by atoms with Gasteiger partial charge in [-0.3, -0.25) is 9.59 Å². The van der Waals surface area contributed by atoms with E-state index >= 15 is 0 Å². The average Bonchev–Trinajstić information content (AvgIpc) is 3.47. The topological polar surface area (TPSA) is 124 Å². The Labute approximate surface area is 214 Å². The van der Waals surface area contributed by atoms with Crippen LogP contribution < -0.4 is 10.6 Å². The van der Waals surface area contributed by atoms with Crippen LogP contribution in [0.1, 0.15) is 82.2 Å². The molecule has 4 rings (SSSR count). The minimum atomic E-state index is -0.678. The molecule has 192 valence electrons. The summed E-state index contributed by atoms with van der Waals surface area (Å²) in [5.41, 5.74) is -0.147. The number of fused-ring (bicyclic) bond motifs is 2. The van der Waals surface area contributed by atoms with Crippen LogP contribution in [0.4, 0.5) is 10.3 Å². The van der Waals surface area contributed by atoms with Crippen molar-refractivity contribution in [1.29, 1.82) is 0 Å². The Kier molecular flexibility index (Phi) is 7.95. The largest absolute Gasteiger partial charge is 0.396 e. The molecule has 35 heavy (non-hydrogen) atoms. The number of anilines is 2.